The first-order chi connectivity index (χ1) is 14.1. The van der Waals surface area contributed by atoms with Gasteiger partial charge in [-0.25, -0.2) is 0 Å². The number of nitrogens with two attached hydrogens (primary N) is 1. The fraction of sp³-hybridized carbons (Fsp3) is 0.167. The van der Waals surface area contributed by atoms with E-state index in [1.807, 2.05) is 67.6 Å². The Morgan fingerprint density at radius 1 is 1.00 bits per heavy atom. The lowest BCUT2D eigenvalue weighted by atomic mass is 10.0. The second-order valence-electron chi connectivity index (χ2n) is 7.11. The molecule has 5 heteroatoms. The van der Waals surface area contributed by atoms with Gasteiger partial charge < -0.3 is 10.5 Å². The van der Waals surface area contributed by atoms with Gasteiger partial charge in [0.2, 0.25) is 0 Å². The Balaban J connectivity index is 1.82. The molecule has 1 aliphatic rings. The zero-order chi connectivity index (χ0) is 20.4. The number of fused-ring (bicyclic) bond motifs is 3. The lowest BCUT2D eigenvalue weighted by Gasteiger charge is -2.13. The Morgan fingerprint density at radius 3 is 2.45 bits per heavy atom. The van der Waals surface area contributed by atoms with E-state index in [9.17, 15) is 10.1 Å². The average Bonchev–Trinajstić information content (AvgIpc) is 3.06. The largest absolute Gasteiger partial charge is 0.491 e. The van der Waals surface area contributed by atoms with E-state index >= 15 is 0 Å². The molecule has 1 aliphatic carbocycles. The van der Waals surface area contributed by atoms with Crippen molar-refractivity contribution in [2.75, 3.05) is 6.61 Å². The summed E-state index contributed by atoms with van der Waals surface area (Å²) in [6.45, 7) is 2.47. The smallest absolute Gasteiger partial charge is 0.270 e. The summed E-state index contributed by atoms with van der Waals surface area (Å²) in [5.74, 6) is 0.750. The first-order valence-corrected chi connectivity index (χ1v) is 9.66. The van der Waals surface area contributed by atoms with E-state index in [2.05, 4.69) is 0 Å². The highest BCUT2D eigenvalue weighted by Crippen LogP contribution is 2.46. The molecule has 0 radical (unpaired) electrons. The summed E-state index contributed by atoms with van der Waals surface area (Å²) >= 11 is 0. The van der Waals surface area contributed by atoms with Crippen LogP contribution < -0.4 is 10.5 Å². The third-order valence-corrected chi connectivity index (χ3v) is 5.21. The number of nitro benzene ring substituents is 1. The Morgan fingerprint density at radius 2 is 1.69 bits per heavy atom. The van der Waals surface area contributed by atoms with Gasteiger partial charge in [0.15, 0.2) is 0 Å². The zero-order valence-electron chi connectivity index (χ0n) is 16.2. The quantitative estimate of drug-likeness (QED) is 0.361. The molecular formula is C24H22N2O3. The SMILES string of the molecule is CC[C@@H](N)COc1ccccc1C=C1c2ccccc2-c2ccc([N+](=O)[O-])cc21. The van der Waals surface area contributed by atoms with Gasteiger partial charge in [0.25, 0.3) is 5.69 Å². The average molecular weight is 386 g/mol. The predicted octanol–water partition coefficient (Wildman–Crippen LogP) is 5.28. The lowest BCUT2D eigenvalue weighted by Crippen LogP contribution is -2.26. The maximum Gasteiger partial charge on any atom is 0.270 e. The molecule has 29 heavy (non-hydrogen) atoms. The van der Waals surface area contributed by atoms with Crippen molar-refractivity contribution in [2.24, 2.45) is 5.73 Å². The minimum atomic E-state index is -0.357. The van der Waals surface area contributed by atoms with Crippen LogP contribution in [0.15, 0.2) is 66.7 Å². The van der Waals surface area contributed by atoms with Crippen LogP contribution in [-0.2, 0) is 0 Å². The van der Waals surface area contributed by atoms with Gasteiger partial charge in [-0.05, 0) is 52.5 Å². The summed E-state index contributed by atoms with van der Waals surface area (Å²) in [6.07, 6.45) is 2.88. The van der Waals surface area contributed by atoms with Crippen molar-refractivity contribution in [1.82, 2.24) is 0 Å². The van der Waals surface area contributed by atoms with Gasteiger partial charge in [0, 0.05) is 23.7 Å². The van der Waals surface area contributed by atoms with Gasteiger partial charge in [-0.3, -0.25) is 10.1 Å². The number of rotatable bonds is 6. The fourth-order valence-corrected chi connectivity index (χ4v) is 3.56. The highest BCUT2D eigenvalue weighted by Gasteiger charge is 2.25. The van der Waals surface area contributed by atoms with Crippen LogP contribution in [-0.4, -0.2) is 17.6 Å². The van der Waals surface area contributed by atoms with E-state index in [4.69, 9.17) is 10.5 Å². The molecule has 1 atom stereocenters. The summed E-state index contributed by atoms with van der Waals surface area (Å²) in [6, 6.07) is 20.9. The van der Waals surface area contributed by atoms with Gasteiger partial charge in [0.05, 0.1) is 4.92 Å². The molecular weight excluding hydrogens is 364 g/mol. The Hall–Kier alpha value is -3.44. The van der Waals surface area contributed by atoms with Crippen molar-refractivity contribution in [3.63, 3.8) is 0 Å². The van der Waals surface area contributed by atoms with Gasteiger partial charge in [0.1, 0.15) is 12.4 Å². The van der Waals surface area contributed by atoms with Gasteiger partial charge in [-0.1, -0.05) is 49.4 Å². The van der Waals surface area contributed by atoms with Gasteiger partial charge >= 0.3 is 0 Å². The van der Waals surface area contributed by atoms with Crippen LogP contribution in [0.4, 0.5) is 5.69 Å². The molecule has 5 nitrogen and oxygen atoms in total. The van der Waals surface area contributed by atoms with Crippen molar-refractivity contribution >= 4 is 17.3 Å². The molecule has 0 heterocycles. The van der Waals surface area contributed by atoms with Crippen LogP contribution in [0.25, 0.3) is 22.8 Å². The summed E-state index contributed by atoms with van der Waals surface area (Å²) in [4.78, 5) is 11.0. The Labute approximate surface area is 169 Å². The molecule has 0 bridgehead atoms. The minimum Gasteiger partial charge on any atom is -0.491 e. The number of hydrogen-bond donors (Lipinski definition) is 1. The van der Waals surface area contributed by atoms with E-state index in [0.29, 0.717) is 6.61 Å². The number of nitrogens with zero attached hydrogens (tertiary/aromatic N) is 1. The van der Waals surface area contributed by atoms with E-state index in [0.717, 1.165) is 45.6 Å². The van der Waals surface area contributed by atoms with Crippen LogP contribution >= 0.6 is 0 Å². The lowest BCUT2D eigenvalue weighted by molar-refractivity contribution is -0.384. The summed E-state index contributed by atoms with van der Waals surface area (Å²) in [5, 5.41) is 11.3. The number of non-ortho nitro benzene ring substituents is 1. The van der Waals surface area contributed by atoms with Crippen molar-refractivity contribution < 1.29 is 9.66 Å². The second-order valence-corrected chi connectivity index (χ2v) is 7.11. The van der Waals surface area contributed by atoms with E-state index in [1.165, 1.54) is 0 Å². The molecule has 0 fully saturated rings. The summed E-state index contributed by atoms with van der Waals surface area (Å²) in [5.41, 5.74) is 12.0. The topological polar surface area (TPSA) is 78.4 Å². The summed E-state index contributed by atoms with van der Waals surface area (Å²) in [7, 11) is 0. The van der Waals surface area contributed by atoms with Crippen LogP contribution in [0, 0.1) is 10.1 Å². The standard InChI is InChI=1S/C24H22N2O3/c1-2-17(25)15-29-24-10-6-3-7-16(24)13-22-20-9-5-4-8-19(20)21-12-11-18(26(27)28)14-23(21)22/h3-14,17H,2,15,25H2,1H3/t17-/m1/s1. The molecule has 0 aliphatic heterocycles. The van der Waals surface area contributed by atoms with Crippen molar-refractivity contribution in [3.8, 4) is 16.9 Å². The highest BCUT2D eigenvalue weighted by atomic mass is 16.6. The van der Waals surface area contributed by atoms with Gasteiger partial charge in [-0.2, -0.15) is 0 Å². The molecule has 3 aromatic carbocycles. The molecule has 0 spiro atoms. The minimum absolute atomic E-state index is 0.0220. The molecule has 2 N–H and O–H groups in total. The normalized spacial score (nSPS) is 14.3. The third-order valence-electron chi connectivity index (χ3n) is 5.21. The molecule has 0 aromatic heterocycles. The van der Waals surface area contributed by atoms with Crippen LogP contribution in [0.5, 0.6) is 5.75 Å². The molecule has 4 rings (SSSR count). The van der Waals surface area contributed by atoms with E-state index in [1.54, 1.807) is 12.1 Å². The number of hydrogen-bond acceptors (Lipinski definition) is 4. The fourth-order valence-electron chi connectivity index (χ4n) is 3.56. The van der Waals surface area contributed by atoms with Gasteiger partial charge in [-0.15, -0.1) is 0 Å². The predicted molar refractivity (Wildman–Crippen MR) is 116 cm³/mol. The van der Waals surface area contributed by atoms with Crippen molar-refractivity contribution in [1.29, 1.82) is 0 Å². The van der Waals surface area contributed by atoms with E-state index < -0.39 is 0 Å². The molecule has 3 aromatic rings. The molecule has 0 saturated carbocycles. The maximum atomic E-state index is 11.3. The number of ether oxygens (including phenoxy) is 1. The van der Waals surface area contributed by atoms with Crippen LogP contribution in [0.1, 0.15) is 30.0 Å². The first kappa shape index (κ1) is 18.9. The summed E-state index contributed by atoms with van der Waals surface area (Å²) < 4.78 is 5.96. The Bertz CT molecular complexity index is 1100. The number of nitro groups is 1. The van der Waals surface area contributed by atoms with Crippen LogP contribution in [0.2, 0.25) is 0 Å². The molecule has 0 amide bonds. The van der Waals surface area contributed by atoms with E-state index in [-0.39, 0.29) is 16.7 Å². The second kappa shape index (κ2) is 7.89. The number of para-hydroxylation sites is 1. The van der Waals surface area contributed by atoms with Crippen molar-refractivity contribution in [3.05, 3.63) is 93.5 Å². The molecule has 146 valence electrons. The zero-order valence-corrected chi connectivity index (χ0v) is 16.2. The first-order valence-electron chi connectivity index (χ1n) is 9.66. The van der Waals surface area contributed by atoms with Crippen molar-refractivity contribution in [2.45, 2.75) is 19.4 Å². The highest BCUT2D eigenvalue weighted by molar-refractivity contribution is 6.07. The maximum absolute atomic E-state index is 11.3. The monoisotopic (exact) mass is 386 g/mol. The number of benzene rings is 3. The molecule has 0 unspecified atom stereocenters. The van der Waals surface area contributed by atoms with Crippen LogP contribution in [0.3, 0.4) is 0 Å². The third kappa shape index (κ3) is 3.65. The molecule has 0 saturated heterocycles. The Kier molecular flexibility index (Phi) is 5.14.